The number of fused-ring (bicyclic) bond motifs is 2. The van der Waals surface area contributed by atoms with E-state index in [4.69, 9.17) is 13.6 Å². The first-order chi connectivity index (χ1) is 16.8. The van der Waals surface area contributed by atoms with Gasteiger partial charge in [0, 0.05) is 23.2 Å². The van der Waals surface area contributed by atoms with E-state index in [-0.39, 0.29) is 22.9 Å². The van der Waals surface area contributed by atoms with E-state index in [0.717, 1.165) is 32.0 Å². The second-order valence-corrected chi connectivity index (χ2v) is 13.9. The molecule has 0 aliphatic carbocycles. The first kappa shape index (κ1) is 25.0. The van der Waals surface area contributed by atoms with Crippen LogP contribution >= 0.6 is 0 Å². The fraction of sp³-hybridized carbons (Fsp3) is 0.444. The highest BCUT2D eigenvalue weighted by Crippen LogP contribution is 2.51. The van der Waals surface area contributed by atoms with Crippen molar-refractivity contribution in [3.05, 3.63) is 53.1 Å². The molecule has 186 valence electrons. The Balaban J connectivity index is 1.27. The Morgan fingerprint density at radius 1 is 0.914 bits per heavy atom. The zero-order chi connectivity index (χ0) is 25.2. The first-order valence-corrected chi connectivity index (χ1v) is 14.3. The Hall–Kier alpha value is -3.13. The smallest absolute Gasteiger partial charge is 0.466 e. The number of unbranched alkanes of at least 4 members (excludes halogenated alkanes) is 3. The van der Waals surface area contributed by atoms with Crippen molar-refractivity contribution in [1.82, 2.24) is 4.90 Å². The number of rotatable bonds is 11. The average molecular weight is 496 g/mol. The van der Waals surface area contributed by atoms with Crippen molar-refractivity contribution in [1.29, 1.82) is 0 Å². The van der Waals surface area contributed by atoms with Crippen LogP contribution in [0, 0.1) is 0 Å². The maximum atomic E-state index is 12.4. The van der Waals surface area contributed by atoms with Gasteiger partial charge in [0.2, 0.25) is 0 Å². The van der Waals surface area contributed by atoms with Crippen molar-refractivity contribution in [2.24, 2.45) is 0 Å². The predicted octanol–water partition coefficient (Wildman–Crippen LogP) is 5.77. The molecule has 0 saturated heterocycles. The fourth-order valence-electron chi connectivity index (χ4n) is 4.79. The molecular weight excluding hydrogens is 462 g/mol. The van der Waals surface area contributed by atoms with Crippen LogP contribution in [0.2, 0.25) is 11.1 Å². The summed E-state index contributed by atoms with van der Waals surface area (Å²) in [5, 5.41) is 0. The van der Waals surface area contributed by atoms with Gasteiger partial charge in [-0.3, -0.25) is 19.3 Å². The predicted molar refractivity (Wildman–Crippen MR) is 135 cm³/mol. The lowest BCUT2D eigenvalue weighted by atomic mass is 10.1. The number of benzene rings is 2. The second kappa shape index (κ2) is 10.2. The van der Waals surface area contributed by atoms with Crippen LogP contribution in [-0.4, -0.2) is 44.7 Å². The topological polar surface area (TPSA) is 82.1 Å². The molecule has 0 atom stereocenters. The molecule has 0 unspecified atom stereocenters. The van der Waals surface area contributed by atoms with Gasteiger partial charge in [-0.2, -0.15) is 0 Å². The monoisotopic (exact) mass is 495 g/mol. The average Bonchev–Trinajstić information content (AvgIpc) is 3.36. The lowest BCUT2D eigenvalue weighted by Gasteiger charge is -2.30. The van der Waals surface area contributed by atoms with Gasteiger partial charge in [-0.25, -0.2) is 0 Å². The van der Waals surface area contributed by atoms with Gasteiger partial charge in [0.25, 0.3) is 11.8 Å². The molecule has 4 rings (SSSR count). The molecule has 8 heteroatoms. The van der Waals surface area contributed by atoms with Gasteiger partial charge in [-0.05, 0) is 37.1 Å². The van der Waals surface area contributed by atoms with Crippen LogP contribution in [0.4, 0.5) is 0 Å². The standard InChI is InChI=1S/C27H33NO6Si/c1-18(2)35(19(3)4)33-24-16-20(17-29)15-23(25(24)34-35)32-14-10-6-5-9-13-28-26(30)21-11-7-8-12-22(21)27(28)31/h7-8,11-12,15-19H,5-6,9-10,13-14H2,1-4H3. The van der Waals surface area contributed by atoms with Crippen LogP contribution in [-0.2, 0) is 0 Å². The van der Waals surface area contributed by atoms with Gasteiger partial charge in [0.15, 0.2) is 17.2 Å². The molecule has 0 spiro atoms. The van der Waals surface area contributed by atoms with Gasteiger partial charge in [-0.15, -0.1) is 0 Å². The minimum atomic E-state index is -2.53. The Bertz CT molecular complexity index is 1090. The van der Waals surface area contributed by atoms with Crippen LogP contribution < -0.4 is 13.6 Å². The molecule has 35 heavy (non-hydrogen) atoms. The van der Waals surface area contributed by atoms with Crippen molar-refractivity contribution in [3.63, 3.8) is 0 Å². The van der Waals surface area contributed by atoms with E-state index in [2.05, 4.69) is 27.7 Å². The maximum absolute atomic E-state index is 12.4. The highest BCUT2D eigenvalue weighted by atomic mass is 28.4. The molecule has 2 aromatic carbocycles. The van der Waals surface area contributed by atoms with E-state index >= 15 is 0 Å². The molecule has 2 heterocycles. The largest absolute Gasteiger partial charge is 0.508 e. The number of nitrogens with zero attached hydrogens (tertiary/aromatic N) is 1. The number of carbonyl (C=O) groups is 3. The third kappa shape index (κ3) is 4.71. The van der Waals surface area contributed by atoms with Crippen molar-refractivity contribution in [2.45, 2.75) is 64.5 Å². The molecule has 2 aliphatic rings. The molecule has 2 aromatic rings. The zero-order valence-electron chi connectivity index (χ0n) is 20.8. The van der Waals surface area contributed by atoms with Crippen molar-refractivity contribution >= 4 is 26.7 Å². The summed E-state index contributed by atoms with van der Waals surface area (Å²) >= 11 is 0. The summed E-state index contributed by atoms with van der Waals surface area (Å²) in [6.07, 6.45) is 4.11. The highest BCUT2D eigenvalue weighted by molar-refractivity contribution is 6.72. The van der Waals surface area contributed by atoms with E-state index < -0.39 is 8.56 Å². The van der Waals surface area contributed by atoms with Crippen molar-refractivity contribution < 1.29 is 28.0 Å². The Morgan fingerprint density at radius 3 is 2.14 bits per heavy atom. The van der Waals surface area contributed by atoms with E-state index in [0.29, 0.717) is 47.1 Å². The SMILES string of the molecule is CC(C)[Si]1(C(C)C)Oc2cc(C=O)cc(OCCCCCCN3C(=O)c4ccccc4C3=O)c2O1. The number of amides is 2. The molecule has 0 radical (unpaired) electrons. The lowest BCUT2D eigenvalue weighted by molar-refractivity contribution is 0.0651. The number of carbonyl (C=O) groups excluding carboxylic acids is 3. The molecule has 0 bridgehead atoms. The van der Waals surface area contributed by atoms with Gasteiger partial charge in [-0.1, -0.05) is 52.7 Å². The second-order valence-electron chi connectivity index (χ2n) is 9.77. The fourth-order valence-corrected chi connectivity index (χ4v) is 8.12. The summed E-state index contributed by atoms with van der Waals surface area (Å²) in [6.45, 7) is 9.35. The lowest BCUT2D eigenvalue weighted by Crippen LogP contribution is -2.50. The van der Waals surface area contributed by atoms with Crippen LogP contribution in [0.3, 0.4) is 0 Å². The van der Waals surface area contributed by atoms with Crippen molar-refractivity contribution in [2.75, 3.05) is 13.2 Å². The number of hydrogen-bond donors (Lipinski definition) is 0. The van der Waals surface area contributed by atoms with Gasteiger partial charge in [0.1, 0.15) is 6.29 Å². The van der Waals surface area contributed by atoms with Crippen molar-refractivity contribution in [3.8, 4) is 17.2 Å². The van der Waals surface area contributed by atoms with Gasteiger partial charge < -0.3 is 13.6 Å². The number of hydrogen-bond acceptors (Lipinski definition) is 6. The molecule has 0 saturated carbocycles. The van der Waals surface area contributed by atoms with Crippen LogP contribution in [0.25, 0.3) is 0 Å². The van der Waals surface area contributed by atoms with E-state index in [1.807, 2.05) is 0 Å². The first-order valence-electron chi connectivity index (χ1n) is 12.4. The number of imide groups is 1. The van der Waals surface area contributed by atoms with E-state index in [1.54, 1.807) is 36.4 Å². The third-order valence-electron chi connectivity index (χ3n) is 6.73. The summed E-state index contributed by atoms with van der Waals surface area (Å²) in [6, 6.07) is 10.4. The summed E-state index contributed by atoms with van der Waals surface area (Å²) in [5.41, 5.74) is 1.96. The summed E-state index contributed by atoms with van der Waals surface area (Å²) in [4.78, 5) is 37.7. The normalized spacial score (nSPS) is 15.8. The summed E-state index contributed by atoms with van der Waals surface area (Å²) in [7, 11) is -2.53. The zero-order valence-corrected chi connectivity index (χ0v) is 21.8. The highest BCUT2D eigenvalue weighted by Gasteiger charge is 2.54. The molecule has 0 N–H and O–H groups in total. The summed E-state index contributed by atoms with van der Waals surface area (Å²) in [5.74, 6) is 1.34. The minimum Gasteiger partial charge on any atom is -0.508 e. The molecule has 2 amide bonds. The van der Waals surface area contributed by atoms with Gasteiger partial charge >= 0.3 is 8.56 Å². The molecule has 2 aliphatic heterocycles. The minimum absolute atomic E-state index is 0.206. The molecular formula is C27H33NO6Si. The molecule has 7 nitrogen and oxygen atoms in total. The number of ether oxygens (including phenoxy) is 1. The Morgan fingerprint density at radius 2 is 1.54 bits per heavy atom. The molecule has 0 fully saturated rings. The Kier molecular flexibility index (Phi) is 7.30. The quantitative estimate of drug-likeness (QED) is 0.170. The van der Waals surface area contributed by atoms with Crippen LogP contribution in [0.1, 0.15) is 84.5 Å². The molecule has 0 aromatic heterocycles. The van der Waals surface area contributed by atoms with E-state index in [1.165, 1.54) is 4.90 Å². The van der Waals surface area contributed by atoms with Gasteiger partial charge in [0.05, 0.1) is 17.7 Å². The number of aldehydes is 1. The van der Waals surface area contributed by atoms with E-state index in [9.17, 15) is 14.4 Å². The van der Waals surface area contributed by atoms with Crippen LogP contribution in [0.15, 0.2) is 36.4 Å². The third-order valence-corrected chi connectivity index (χ3v) is 11.0. The Labute approximate surface area is 207 Å². The summed E-state index contributed by atoms with van der Waals surface area (Å²) < 4.78 is 18.9. The van der Waals surface area contributed by atoms with Crippen LogP contribution in [0.5, 0.6) is 17.2 Å². The maximum Gasteiger partial charge on any atom is 0.466 e.